The zero-order valence-electron chi connectivity index (χ0n) is 14.9. The standard InChI is InChI=1S/C18H28ClN3O2.ClH/c1-15-14-16(5-6-17(15)19)24-13-2-4-18(23)21-7-3-10-22-11-8-20-9-12-22;/h5-6,14,20H,2-4,7-13H2,1H3,(H,21,23);1H. The van der Waals surface area contributed by atoms with Crippen molar-refractivity contribution in [2.75, 3.05) is 45.9 Å². The second-order valence-corrected chi connectivity index (χ2v) is 6.57. The number of carbonyl (C=O) groups excluding carboxylic acids is 1. The molecule has 0 atom stereocenters. The second-order valence-electron chi connectivity index (χ2n) is 6.16. The van der Waals surface area contributed by atoms with E-state index in [1.165, 1.54) is 0 Å². The predicted octanol–water partition coefficient (Wildman–Crippen LogP) is 2.64. The third-order valence-electron chi connectivity index (χ3n) is 4.13. The number of benzene rings is 1. The topological polar surface area (TPSA) is 53.6 Å². The van der Waals surface area contributed by atoms with E-state index in [-0.39, 0.29) is 18.3 Å². The Morgan fingerprint density at radius 3 is 2.80 bits per heavy atom. The van der Waals surface area contributed by atoms with Gasteiger partial charge in [-0.1, -0.05) is 11.6 Å². The van der Waals surface area contributed by atoms with E-state index in [1.807, 2.05) is 25.1 Å². The van der Waals surface area contributed by atoms with Gasteiger partial charge >= 0.3 is 0 Å². The summed E-state index contributed by atoms with van der Waals surface area (Å²) >= 11 is 5.98. The van der Waals surface area contributed by atoms with E-state index in [9.17, 15) is 4.79 Å². The smallest absolute Gasteiger partial charge is 0.220 e. The molecule has 1 aliphatic rings. The van der Waals surface area contributed by atoms with Crippen LogP contribution in [0.2, 0.25) is 5.02 Å². The highest BCUT2D eigenvalue weighted by Crippen LogP contribution is 2.21. The quantitative estimate of drug-likeness (QED) is 0.637. The van der Waals surface area contributed by atoms with Crippen LogP contribution in [0, 0.1) is 6.92 Å². The summed E-state index contributed by atoms with van der Waals surface area (Å²) < 4.78 is 5.65. The minimum absolute atomic E-state index is 0. The van der Waals surface area contributed by atoms with E-state index in [4.69, 9.17) is 16.3 Å². The van der Waals surface area contributed by atoms with Gasteiger partial charge in [0.05, 0.1) is 6.61 Å². The van der Waals surface area contributed by atoms with Crippen LogP contribution in [-0.2, 0) is 4.79 Å². The lowest BCUT2D eigenvalue weighted by Crippen LogP contribution is -2.44. The lowest BCUT2D eigenvalue weighted by molar-refractivity contribution is -0.121. The fourth-order valence-electron chi connectivity index (χ4n) is 2.68. The Bertz CT molecular complexity index is 523. The summed E-state index contributed by atoms with van der Waals surface area (Å²) in [6, 6.07) is 5.60. The Hall–Kier alpha value is -1.01. The number of nitrogens with zero attached hydrogens (tertiary/aromatic N) is 1. The molecule has 1 fully saturated rings. The zero-order chi connectivity index (χ0) is 17.2. The van der Waals surface area contributed by atoms with Gasteiger partial charge in [0.1, 0.15) is 5.75 Å². The highest BCUT2D eigenvalue weighted by atomic mass is 35.5. The van der Waals surface area contributed by atoms with E-state index in [2.05, 4.69) is 15.5 Å². The van der Waals surface area contributed by atoms with Crippen LogP contribution in [0.1, 0.15) is 24.8 Å². The van der Waals surface area contributed by atoms with Gasteiger partial charge in [0, 0.05) is 44.2 Å². The molecule has 1 aromatic carbocycles. The molecule has 25 heavy (non-hydrogen) atoms. The van der Waals surface area contributed by atoms with Gasteiger partial charge in [-0.2, -0.15) is 0 Å². The SMILES string of the molecule is Cc1cc(OCCCC(=O)NCCCN2CCNCC2)ccc1Cl.Cl. The van der Waals surface area contributed by atoms with Crippen LogP contribution in [0.25, 0.3) is 0 Å². The largest absolute Gasteiger partial charge is 0.494 e. The van der Waals surface area contributed by atoms with Crippen molar-refractivity contribution in [1.29, 1.82) is 0 Å². The molecule has 0 aliphatic carbocycles. The Kier molecular flexibility index (Phi) is 10.9. The Labute approximate surface area is 161 Å². The number of nitrogens with one attached hydrogen (secondary N) is 2. The molecule has 142 valence electrons. The molecule has 5 nitrogen and oxygen atoms in total. The number of aryl methyl sites for hydroxylation is 1. The van der Waals surface area contributed by atoms with Crippen molar-refractivity contribution in [3.63, 3.8) is 0 Å². The molecule has 1 heterocycles. The molecule has 7 heteroatoms. The minimum Gasteiger partial charge on any atom is -0.494 e. The molecule has 0 unspecified atom stereocenters. The lowest BCUT2D eigenvalue weighted by Gasteiger charge is -2.27. The maximum atomic E-state index is 11.8. The first kappa shape index (κ1) is 22.0. The monoisotopic (exact) mass is 389 g/mol. The third kappa shape index (κ3) is 8.77. The molecule has 0 saturated carbocycles. The van der Waals surface area contributed by atoms with Gasteiger partial charge in [-0.15, -0.1) is 12.4 Å². The number of hydrogen-bond acceptors (Lipinski definition) is 4. The van der Waals surface area contributed by atoms with Crippen molar-refractivity contribution in [1.82, 2.24) is 15.5 Å². The maximum absolute atomic E-state index is 11.8. The molecule has 0 spiro atoms. The van der Waals surface area contributed by atoms with Crippen LogP contribution in [0.3, 0.4) is 0 Å². The molecular formula is C18H29Cl2N3O2. The summed E-state index contributed by atoms with van der Waals surface area (Å²) in [4.78, 5) is 14.2. The molecule has 2 rings (SSSR count). The summed E-state index contributed by atoms with van der Waals surface area (Å²) in [5.41, 5.74) is 0.997. The van der Waals surface area contributed by atoms with E-state index in [0.717, 1.165) is 62.0 Å². The van der Waals surface area contributed by atoms with E-state index >= 15 is 0 Å². The Morgan fingerprint density at radius 2 is 2.08 bits per heavy atom. The van der Waals surface area contributed by atoms with Gasteiger partial charge < -0.3 is 20.3 Å². The Balaban J connectivity index is 0.00000312. The highest BCUT2D eigenvalue weighted by molar-refractivity contribution is 6.31. The zero-order valence-corrected chi connectivity index (χ0v) is 16.4. The lowest BCUT2D eigenvalue weighted by atomic mass is 10.2. The van der Waals surface area contributed by atoms with Crippen molar-refractivity contribution >= 4 is 29.9 Å². The van der Waals surface area contributed by atoms with Crippen LogP contribution >= 0.6 is 24.0 Å². The van der Waals surface area contributed by atoms with Gasteiger partial charge in [0.25, 0.3) is 0 Å². The maximum Gasteiger partial charge on any atom is 0.220 e. The average Bonchev–Trinajstić information content (AvgIpc) is 2.59. The molecule has 0 radical (unpaired) electrons. The number of amides is 1. The van der Waals surface area contributed by atoms with Crippen molar-refractivity contribution < 1.29 is 9.53 Å². The molecule has 1 aromatic rings. The van der Waals surface area contributed by atoms with Gasteiger partial charge in [0.15, 0.2) is 0 Å². The van der Waals surface area contributed by atoms with Crippen LogP contribution in [-0.4, -0.2) is 56.7 Å². The first-order chi connectivity index (χ1) is 11.6. The van der Waals surface area contributed by atoms with Crippen LogP contribution in [0.4, 0.5) is 0 Å². The number of rotatable bonds is 9. The number of halogens is 2. The van der Waals surface area contributed by atoms with E-state index < -0.39 is 0 Å². The summed E-state index contributed by atoms with van der Waals surface area (Å²) in [6.07, 6.45) is 2.22. The normalized spacial score (nSPS) is 14.6. The highest BCUT2D eigenvalue weighted by Gasteiger charge is 2.08. The van der Waals surface area contributed by atoms with Crippen molar-refractivity contribution in [2.45, 2.75) is 26.2 Å². The van der Waals surface area contributed by atoms with Crippen LogP contribution in [0.15, 0.2) is 18.2 Å². The summed E-state index contributed by atoms with van der Waals surface area (Å²) in [7, 11) is 0. The third-order valence-corrected chi connectivity index (χ3v) is 4.55. The molecule has 0 bridgehead atoms. The van der Waals surface area contributed by atoms with Crippen molar-refractivity contribution in [2.24, 2.45) is 0 Å². The molecular weight excluding hydrogens is 361 g/mol. The molecule has 1 aliphatic heterocycles. The van der Waals surface area contributed by atoms with E-state index in [1.54, 1.807) is 0 Å². The fraction of sp³-hybridized carbons (Fsp3) is 0.611. The molecule has 1 saturated heterocycles. The minimum atomic E-state index is 0. The number of carbonyl (C=O) groups is 1. The van der Waals surface area contributed by atoms with Crippen LogP contribution < -0.4 is 15.4 Å². The summed E-state index contributed by atoms with van der Waals surface area (Å²) in [6.45, 7) is 8.64. The Morgan fingerprint density at radius 1 is 1.32 bits per heavy atom. The number of hydrogen-bond donors (Lipinski definition) is 2. The number of ether oxygens (including phenoxy) is 1. The summed E-state index contributed by atoms with van der Waals surface area (Å²) in [5.74, 6) is 0.902. The van der Waals surface area contributed by atoms with Crippen molar-refractivity contribution in [3.8, 4) is 5.75 Å². The molecule has 2 N–H and O–H groups in total. The predicted molar refractivity (Wildman–Crippen MR) is 105 cm³/mol. The van der Waals surface area contributed by atoms with E-state index in [0.29, 0.717) is 19.4 Å². The molecule has 0 aromatic heterocycles. The number of piperazine rings is 1. The van der Waals surface area contributed by atoms with Crippen molar-refractivity contribution in [3.05, 3.63) is 28.8 Å². The first-order valence-electron chi connectivity index (χ1n) is 8.74. The summed E-state index contributed by atoms with van der Waals surface area (Å²) in [5, 5.41) is 7.06. The van der Waals surface area contributed by atoms with Gasteiger partial charge in [-0.25, -0.2) is 0 Å². The van der Waals surface area contributed by atoms with Gasteiger partial charge in [-0.3, -0.25) is 4.79 Å². The van der Waals surface area contributed by atoms with Gasteiger partial charge in [-0.05, 0) is 50.1 Å². The van der Waals surface area contributed by atoms with Gasteiger partial charge in [0.2, 0.25) is 5.91 Å². The first-order valence-corrected chi connectivity index (χ1v) is 9.11. The second kappa shape index (κ2) is 12.4. The average molecular weight is 390 g/mol. The molecule has 1 amide bonds. The van der Waals surface area contributed by atoms with Crippen LogP contribution in [0.5, 0.6) is 5.75 Å². The fourth-order valence-corrected chi connectivity index (χ4v) is 2.80.